The average molecular weight is 280 g/mol. The molecule has 1 N–H and O–H groups in total. The summed E-state index contributed by atoms with van der Waals surface area (Å²) < 4.78 is 18.2. The standard InChI is InChI=1S/C15H21FN2O2/c1-3-20-15(19)18-8-6-13(7-9-18)17-14-10-12(16)5-4-11(14)2/h4-5,10,13,17H,3,6-9H2,1-2H3. The number of anilines is 1. The summed E-state index contributed by atoms with van der Waals surface area (Å²) in [7, 11) is 0. The average Bonchev–Trinajstić information content (AvgIpc) is 2.44. The number of nitrogens with one attached hydrogen (secondary N) is 1. The Hall–Kier alpha value is -1.78. The molecular formula is C15H21FN2O2. The highest BCUT2D eigenvalue weighted by Crippen LogP contribution is 2.21. The van der Waals surface area contributed by atoms with Crippen LogP contribution in [0.3, 0.4) is 0 Å². The predicted octanol–water partition coefficient (Wildman–Crippen LogP) is 3.17. The summed E-state index contributed by atoms with van der Waals surface area (Å²) in [6, 6.07) is 5.02. The molecule has 1 saturated heterocycles. The summed E-state index contributed by atoms with van der Waals surface area (Å²) in [5, 5.41) is 3.36. The van der Waals surface area contributed by atoms with Gasteiger partial charge in [0.1, 0.15) is 5.82 Å². The number of ether oxygens (including phenoxy) is 1. The lowest BCUT2D eigenvalue weighted by Gasteiger charge is -2.32. The number of rotatable bonds is 3. The Bertz CT molecular complexity index is 471. The van der Waals surface area contributed by atoms with Gasteiger partial charge < -0.3 is 15.0 Å². The van der Waals surface area contributed by atoms with Crippen molar-refractivity contribution in [2.45, 2.75) is 32.7 Å². The predicted molar refractivity (Wildman–Crippen MR) is 76.4 cm³/mol. The fourth-order valence-electron chi connectivity index (χ4n) is 2.39. The van der Waals surface area contributed by atoms with Crippen molar-refractivity contribution >= 4 is 11.8 Å². The zero-order chi connectivity index (χ0) is 14.5. The number of hydrogen-bond acceptors (Lipinski definition) is 3. The zero-order valence-electron chi connectivity index (χ0n) is 12.0. The van der Waals surface area contributed by atoms with Gasteiger partial charge in [0, 0.05) is 24.8 Å². The molecule has 0 saturated carbocycles. The lowest BCUT2D eigenvalue weighted by atomic mass is 10.0. The Morgan fingerprint density at radius 1 is 1.45 bits per heavy atom. The van der Waals surface area contributed by atoms with E-state index in [1.807, 2.05) is 6.92 Å². The van der Waals surface area contributed by atoms with Gasteiger partial charge >= 0.3 is 6.09 Å². The van der Waals surface area contributed by atoms with Gasteiger partial charge in [-0.1, -0.05) is 6.07 Å². The molecule has 0 spiro atoms. The molecule has 0 atom stereocenters. The number of likely N-dealkylation sites (tertiary alicyclic amines) is 1. The molecule has 2 rings (SSSR count). The number of nitrogens with zero attached hydrogens (tertiary/aromatic N) is 1. The van der Waals surface area contributed by atoms with Gasteiger partial charge in [-0.2, -0.15) is 0 Å². The highest BCUT2D eigenvalue weighted by Gasteiger charge is 2.23. The van der Waals surface area contributed by atoms with E-state index in [0.29, 0.717) is 19.7 Å². The van der Waals surface area contributed by atoms with Gasteiger partial charge in [0.15, 0.2) is 0 Å². The molecule has 110 valence electrons. The number of carbonyl (C=O) groups is 1. The molecule has 0 aliphatic carbocycles. The number of halogens is 1. The molecule has 0 radical (unpaired) electrons. The molecule has 0 aromatic heterocycles. The fraction of sp³-hybridized carbons (Fsp3) is 0.533. The molecule has 1 aromatic carbocycles. The van der Waals surface area contributed by atoms with Crippen LogP contribution >= 0.6 is 0 Å². The Morgan fingerprint density at radius 2 is 2.15 bits per heavy atom. The largest absolute Gasteiger partial charge is 0.450 e. The summed E-state index contributed by atoms with van der Waals surface area (Å²) in [4.78, 5) is 13.3. The van der Waals surface area contributed by atoms with E-state index in [4.69, 9.17) is 4.74 Å². The molecule has 0 bridgehead atoms. The first kappa shape index (κ1) is 14.6. The highest BCUT2D eigenvalue weighted by molar-refractivity contribution is 5.67. The van der Waals surface area contributed by atoms with Crippen LogP contribution in [0.1, 0.15) is 25.3 Å². The highest BCUT2D eigenvalue weighted by atomic mass is 19.1. The van der Waals surface area contributed by atoms with Crippen LogP contribution in [0.15, 0.2) is 18.2 Å². The van der Waals surface area contributed by atoms with E-state index in [1.54, 1.807) is 17.9 Å². The second kappa shape index (κ2) is 6.59. The van der Waals surface area contributed by atoms with E-state index < -0.39 is 0 Å². The van der Waals surface area contributed by atoms with E-state index >= 15 is 0 Å². The van der Waals surface area contributed by atoms with Crippen molar-refractivity contribution < 1.29 is 13.9 Å². The Balaban J connectivity index is 1.88. The van der Waals surface area contributed by atoms with E-state index in [9.17, 15) is 9.18 Å². The summed E-state index contributed by atoms with van der Waals surface area (Å²) in [5.74, 6) is -0.234. The van der Waals surface area contributed by atoms with Crippen molar-refractivity contribution in [3.63, 3.8) is 0 Å². The van der Waals surface area contributed by atoms with Crippen molar-refractivity contribution in [1.29, 1.82) is 0 Å². The van der Waals surface area contributed by atoms with Gasteiger partial charge in [0.25, 0.3) is 0 Å². The van der Waals surface area contributed by atoms with Gasteiger partial charge in [-0.15, -0.1) is 0 Å². The third-order valence-electron chi connectivity index (χ3n) is 3.58. The SMILES string of the molecule is CCOC(=O)N1CCC(Nc2cc(F)ccc2C)CC1. The lowest BCUT2D eigenvalue weighted by Crippen LogP contribution is -2.42. The van der Waals surface area contributed by atoms with E-state index in [1.165, 1.54) is 12.1 Å². The van der Waals surface area contributed by atoms with Crippen LogP contribution in [0.5, 0.6) is 0 Å². The molecule has 1 aromatic rings. The van der Waals surface area contributed by atoms with Crippen LogP contribution in [0.2, 0.25) is 0 Å². The molecule has 1 amide bonds. The first-order chi connectivity index (χ1) is 9.60. The Kier molecular flexibility index (Phi) is 4.82. The minimum absolute atomic E-state index is 0.234. The lowest BCUT2D eigenvalue weighted by molar-refractivity contribution is 0.0983. The van der Waals surface area contributed by atoms with Gasteiger partial charge in [0.2, 0.25) is 0 Å². The van der Waals surface area contributed by atoms with Gasteiger partial charge in [-0.25, -0.2) is 9.18 Å². The fourth-order valence-corrected chi connectivity index (χ4v) is 2.39. The summed E-state index contributed by atoms with van der Waals surface area (Å²) >= 11 is 0. The van der Waals surface area contributed by atoms with E-state index in [0.717, 1.165) is 24.1 Å². The van der Waals surface area contributed by atoms with Crippen LogP contribution < -0.4 is 5.32 Å². The van der Waals surface area contributed by atoms with Crippen LogP contribution in [-0.4, -0.2) is 36.7 Å². The van der Waals surface area contributed by atoms with Crippen molar-refractivity contribution in [2.75, 3.05) is 25.0 Å². The molecule has 20 heavy (non-hydrogen) atoms. The second-order valence-corrected chi connectivity index (χ2v) is 5.06. The normalized spacial score (nSPS) is 16.1. The summed E-state index contributed by atoms with van der Waals surface area (Å²) in [6.45, 7) is 5.50. The quantitative estimate of drug-likeness (QED) is 0.924. The van der Waals surface area contributed by atoms with Gasteiger partial charge in [0.05, 0.1) is 6.61 Å². The zero-order valence-corrected chi connectivity index (χ0v) is 12.0. The number of aryl methyl sites for hydroxylation is 1. The first-order valence-corrected chi connectivity index (χ1v) is 7.04. The minimum Gasteiger partial charge on any atom is -0.450 e. The molecule has 4 nitrogen and oxygen atoms in total. The molecule has 1 aliphatic heterocycles. The Morgan fingerprint density at radius 3 is 2.80 bits per heavy atom. The van der Waals surface area contributed by atoms with Crippen LogP contribution in [0, 0.1) is 12.7 Å². The van der Waals surface area contributed by atoms with E-state index in [-0.39, 0.29) is 18.0 Å². The maximum atomic E-state index is 13.2. The van der Waals surface area contributed by atoms with Crippen molar-refractivity contribution in [3.8, 4) is 0 Å². The molecule has 1 heterocycles. The molecule has 5 heteroatoms. The number of piperidine rings is 1. The molecule has 0 unspecified atom stereocenters. The maximum Gasteiger partial charge on any atom is 0.409 e. The van der Waals surface area contributed by atoms with Crippen molar-refractivity contribution in [3.05, 3.63) is 29.6 Å². The molecule has 1 fully saturated rings. The van der Waals surface area contributed by atoms with Crippen LogP contribution in [0.25, 0.3) is 0 Å². The van der Waals surface area contributed by atoms with Crippen LogP contribution in [-0.2, 0) is 4.74 Å². The molecule has 1 aliphatic rings. The minimum atomic E-state index is -0.243. The third-order valence-corrected chi connectivity index (χ3v) is 3.58. The van der Waals surface area contributed by atoms with Crippen molar-refractivity contribution in [1.82, 2.24) is 4.90 Å². The first-order valence-electron chi connectivity index (χ1n) is 7.04. The number of amides is 1. The smallest absolute Gasteiger partial charge is 0.409 e. The number of carbonyl (C=O) groups excluding carboxylic acids is 1. The Labute approximate surface area is 118 Å². The maximum absolute atomic E-state index is 13.2. The number of benzene rings is 1. The number of hydrogen-bond donors (Lipinski definition) is 1. The topological polar surface area (TPSA) is 41.6 Å². The monoisotopic (exact) mass is 280 g/mol. The molecular weight excluding hydrogens is 259 g/mol. The third kappa shape index (κ3) is 3.62. The summed E-state index contributed by atoms with van der Waals surface area (Å²) in [6.07, 6.45) is 1.44. The van der Waals surface area contributed by atoms with Crippen molar-refractivity contribution in [2.24, 2.45) is 0 Å². The van der Waals surface area contributed by atoms with Crippen LogP contribution in [0.4, 0.5) is 14.9 Å². The second-order valence-electron chi connectivity index (χ2n) is 5.06. The summed E-state index contributed by atoms with van der Waals surface area (Å²) in [5.41, 5.74) is 1.86. The van der Waals surface area contributed by atoms with Gasteiger partial charge in [-0.3, -0.25) is 0 Å². The van der Waals surface area contributed by atoms with E-state index in [2.05, 4.69) is 5.32 Å². The van der Waals surface area contributed by atoms with Gasteiger partial charge in [-0.05, 0) is 44.4 Å².